The van der Waals surface area contributed by atoms with Gasteiger partial charge in [0.2, 0.25) is 5.91 Å². The molecule has 15 heavy (non-hydrogen) atoms. The van der Waals surface area contributed by atoms with Crippen molar-refractivity contribution in [1.29, 1.82) is 0 Å². The van der Waals surface area contributed by atoms with Crippen LogP contribution in [0.25, 0.3) is 10.9 Å². The van der Waals surface area contributed by atoms with Crippen molar-refractivity contribution >= 4 is 28.4 Å². The van der Waals surface area contributed by atoms with Gasteiger partial charge < -0.3 is 5.11 Å². The number of carbonyl (C=O) groups excluding carboxylic acids is 1. The van der Waals surface area contributed by atoms with E-state index in [9.17, 15) is 9.90 Å². The standard InChI is InChI=1S/C11H10ClNO2/c1-6-5-8-9(13(6)7(2)14)3-4-10(15)11(8)12/h3-5,15H,1-2H3. The normalized spacial score (nSPS) is 10.9. The molecule has 0 aliphatic heterocycles. The van der Waals surface area contributed by atoms with Crippen LogP contribution in [0.5, 0.6) is 5.75 Å². The minimum Gasteiger partial charge on any atom is -0.506 e. The molecule has 0 unspecified atom stereocenters. The molecule has 0 amide bonds. The van der Waals surface area contributed by atoms with Gasteiger partial charge in [0.25, 0.3) is 0 Å². The van der Waals surface area contributed by atoms with E-state index in [4.69, 9.17) is 11.6 Å². The fourth-order valence-electron chi connectivity index (χ4n) is 1.78. The quantitative estimate of drug-likeness (QED) is 0.746. The number of aromatic nitrogens is 1. The van der Waals surface area contributed by atoms with E-state index in [-0.39, 0.29) is 16.7 Å². The summed E-state index contributed by atoms with van der Waals surface area (Å²) in [7, 11) is 0. The number of rotatable bonds is 0. The zero-order valence-corrected chi connectivity index (χ0v) is 9.17. The van der Waals surface area contributed by atoms with Crippen molar-refractivity contribution in [3.05, 3.63) is 28.9 Å². The van der Waals surface area contributed by atoms with E-state index in [0.717, 1.165) is 11.2 Å². The second-order valence-corrected chi connectivity index (χ2v) is 3.85. The van der Waals surface area contributed by atoms with Crippen LogP contribution in [0.15, 0.2) is 18.2 Å². The second kappa shape index (κ2) is 3.28. The summed E-state index contributed by atoms with van der Waals surface area (Å²) in [6.45, 7) is 3.32. The molecule has 4 heteroatoms. The van der Waals surface area contributed by atoms with Crippen LogP contribution >= 0.6 is 11.6 Å². The molecule has 0 atom stereocenters. The monoisotopic (exact) mass is 223 g/mol. The maximum absolute atomic E-state index is 11.4. The zero-order valence-electron chi connectivity index (χ0n) is 8.41. The summed E-state index contributed by atoms with van der Waals surface area (Å²) >= 11 is 5.94. The molecular formula is C11H10ClNO2. The zero-order chi connectivity index (χ0) is 11.2. The smallest absolute Gasteiger partial charge is 0.228 e. The van der Waals surface area contributed by atoms with Crippen LogP contribution in [0.1, 0.15) is 17.4 Å². The van der Waals surface area contributed by atoms with Crippen molar-refractivity contribution in [2.45, 2.75) is 13.8 Å². The molecule has 2 aromatic rings. The Labute approximate surface area is 91.9 Å². The average molecular weight is 224 g/mol. The van der Waals surface area contributed by atoms with Crippen LogP contribution in [0.4, 0.5) is 0 Å². The van der Waals surface area contributed by atoms with E-state index in [0.29, 0.717) is 5.39 Å². The molecule has 1 heterocycles. The highest BCUT2D eigenvalue weighted by molar-refractivity contribution is 6.37. The van der Waals surface area contributed by atoms with Gasteiger partial charge in [-0.25, -0.2) is 0 Å². The number of phenols is 1. The molecule has 0 saturated carbocycles. The molecule has 3 nitrogen and oxygen atoms in total. The average Bonchev–Trinajstić information content (AvgIpc) is 2.49. The third-order valence-corrected chi connectivity index (χ3v) is 2.80. The SMILES string of the molecule is CC(=O)n1c(C)cc2c(Cl)c(O)ccc21. The lowest BCUT2D eigenvalue weighted by Crippen LogP contribution is -2.06. The molecule has 1 N–H and O–H groups in total. The fraction of sp³-hybridized carbons (Fsp3) is 0.182. The maximum atomic E-state index is 11.4. The number of aromatic hydroxyl groups is 1. The number of hydrogen-bond donors (Lipinski definition) is 1. The number of hydrogen-bond acceptors (Lipinski definition) is 2. The van der Waals surface area contributed by atoms with Gasteiger partial charge in [0.05, 0.1) is 10.5 Å². The van der Waals surface area contributed by atoms with E-state index in [1.54, 1.807) is 16.7 Å². The van der Waals surface area contributed by atoms with E-state index in [2.05, 4.69) is 0 Å². The molecule has 2 rings (SSSR count). The van der Waals surface area contributed by atoms with Gasteiger partial charge in [0, 0.05) is 18.0 Å². The van der Waals surface area contributed by atoms with Gasteiger partial charge in [-0.15, -0.1) is 0 Å². The van der Waals surface area contributed by atoms with Crippen LogP contribution in [0.3, 0.4) is 0 Å². The Hall–Kier alpha value is -1.48. The lowest BCUT2D eigenvalue weighted by molar-refractivity contribution is 0.0940. The number of phenolic OH excluding ortho intramolecular Hbond substituents is 1. The Kier molecular flexibility index (Phi) is 2.20. The second-order valence-electron chi connectivity index (χ2n) is 3.47. The summed E-state index contributed by atoms with van der Waals surface area (Å²) in [5, 5.41) is 10.4. The Morgan fingerprint density at radius 3 is 2.73 bits per heavy atom. The van der Waals surface area contributed by atoms with E-state index >= 15 is 0 Å². The highest BCUT2D eigenvalue weighted by atomic mass is 35.5. The molecule has 0 fully saturated rings. The Morgan fingerprint density at radius 1 is 1.47 bits per heavy atom. The van der Waals surface area contributed by atoms with Gasteiger partial charge in [0.15, 0.2) is 0 Å². The van der Waals surface area contributed by atoms with Gasteiger partial charge in [-0.2, -0.15) is 0 Å². The Bertz CT molecular complexity index is 557. The number of benzene rings is 1. The van der Waals surface area contributed by atoms with Gasteiger partial charge in [-0.1, -0.05) is 11.6 Å². The summed E-state index contributed by atoms with van der Waals surface area (Å²) in [6, 6.07) is 4.97. The van der Waals surface area contributed by atoms with E-state index in [1.807, 2.05) is 6.92 Å². The summed E-state index contributed by atoms with van der Waals surface area (Å²) in [6.07, 6.45) is 0. The number of fused-ring (bicyclic) bond motifs is 1. The predicted octanol–water partition coefficient (Wildman–Crippen LogP) is 2.97. The predicted molar refractivity (Wildman–Crippen MR) is 59.7 cm³/mol. The first-order valence-electron chi connectivity index (χ1n) is 4.53. The third kappa shape index (κ3) is 1.39. The Morgan fingerprint density at radius 2 is 2.13 bits per heavy atom. The molecule has 0 radical (unpaired) electrons. The molecule has 0 saturated heterocycles. The lowest BCUT2D eigenvalue weighted by atomic mass is 10.2. The van der Waals surface area contributed by atoms with Crippen LogP contribution < -0.4 is 0 Å². The number of halogens is 1. The molecule has 0 spiro atoms. The van der Waals surface area contributed by atoms with Gasteiger partial charge in [-0.3, -0.25) is 9.36 Å². The molecular weight excluding hydrogens is 214 g/mol. The number of aryl methyl sites for hydroxylation is 1. The van der Waals surface area contributed by atoms with Crippen LogP contribution in [0, 0.1) is 6.92 Å². The molecule has 1 aromatic carbocycles. The summed E-state index contributed by atoms with van der Waals surface area (Å²) in [5.41, 5.74) is 1.54. The Balaban J connectivity index is 2.91. The first-order chi connectivity index (χ1) is 7.02. The van der Waals surface area contributed by atoms with Crippen molar-refractivity contribution < 1.29 is 9.90 Å². The minimum absolute atomic E-state index is 0.0323. The summed E-state index contributed by atoms with van der Waals surface area (Å²) in [5.74, 6) is -0.0332. The van der Waals surface area contributed by atoms with Crippen LogP contribution in [-0.2, 0) is 0 Å². The van der Waals surface area contributed by atoms with Crippen LogP contribution in [-0.4, -0.2) is 15.6 Å². The van der Waals surface area contributed by atoms with Crippen molar-refractivity contribution in [3.63, 3.8) is 0 Å². The summed E-state index contributed by atoms with van der Waals surface area (Å²) in [4.78, 5) is 11.4. The largest absolute Gasteiger partial charge is 0.506 e. The van der Waals surface area contributed by atoms with E-state index < -0.39 is 0 Å². The number of nitrogens with zero attached hydrogens (tertiary/aromatic N) is 1. The van der Waals surface area contributed by atoms with Crippen molar-refractivity contribution in [3.8, 4) is 5.75 Å². The molecule has 1 aromatic heterocycles. The minimum atomic E-state index is -0.0655. The number of carbonyl (C=O) groups is 1. The van der Waals surface area contributed by atoms with Crippen molar-refractivity contribution in [2.24, 2.45) is 0 Å². The first-order valence-corrected chi connectivity index (χ1v) is 4.90. The summed E-state index contributed by atoms with van der Waals surface area (Å²) < 4.78 is 1.57. The molecule has 0 bridgehead atoms. The highest BCUT2D eigenvalue weighted by Gasteiger charge is 2.13. The van der Waals surface area contributed by atoms with Crippen LogP contribution in [0.2, 0.25) is 5.02 Å². The third-order valence-electron chi connectivity index (χ3n) is 2.40. The van der Waals surface area contributed by atoms with Gasteiger partial charge in [0.1, 0.15) is 5.75 Å². The topological polar surface area (TPSA) is 42.2 Å². The molecule has 0 aliphatic rings. The van der Waals surface area contributed by atoms with Gasteiger partial charge >= 0.3 is 0 Å². The lowest BCUT2D eigenvalue weighted by Gasteiger charge is -2.03. The molecule has 78 valence electrons. The fourth-order valence-corrected chi connectivity index (χ4v) is 2.00. The maximum Gasteiger partial charge on any atom is 0.228 e. The van der Waals surface area contributed by atoms with Crippen molar-refractivity contribution in [2.75, 3.05) is 0 Å². The van der Waals surface area contributed by atoms with E-state index in [1.165, 1.54) is 13.0 Å². The van der Waals surface area contributed by atoms with Crippen molar-refractivity contribution in [1.82, 2.24) is 4.57 Å². The van der Waals surface area contributed by atoms with Gasteiger partial charge in [-0.05, 0) is 25.1 Å². The first kappa shape index (κ1) is 10.1. The molecule has 0 aliphatic carbocycles. The highest BCUT2D eigenvalue weighted by Crippen LogP contribution is 2.33.